The van der Waals surface area contributed by atoms with Gasteiger partial charge in [-0.1, -0.05) is 6.07 Å². The van der Waals surface area contributed by atoms with Gasteiger partial charge in [0.15, 0.2) is 0 Å². The highest BCUT2D eigenvalue weighted by Crippen LogP contribution is 2.36. The Bertz CT molecular complexity index is 611. The molecular weight excluding hydrogens is 398 g/mol. The molecule has 0 saturated carbocycles. The lowest BCUT2D eigenvalue weighted by atomic mass is 10.1. The third kappa shape index (κ3) is 3.71. The number of nitrogens with one attached hydrogen (secondary N) is 1. The minimum absolute atomic E-state index is 0.0602. The fraction of sp³-hybridized carbons (Fsp3) is 0.250. The van der Waals surface area contributed by atoms with Crippen LogP contribution in [0.15, 0.2) is 45.3 Å². The topological polar surface area (TPSA) is 30.5 Å². The van der Waals surface area contributed by atoms with Crippen molar-refractivity contribution >= 4 is 37.5 Å². The zero-order chi connectivity index (χ0) is 15.4. The van der Waals surface area contributed by atoms with Crippen LogP contribution >= 0.6 is 31.9 Å². The molecule has 0 saturated heterocycles. The Labute approximate surface area is 141 Å². The molecule has 0 bridgehead atoms. The summed E-state index contributed by atoms with van der Waals surface area (Å²) in [7, 11) is 3.33. The van der Waals surface area contributed by atoms with Gasteiger partial charge < -0.3 is 14.8 Å². The van der Waals surface area contributed by atoms with E-state index in [0.717, 1.165) is 31.7 Å². The first kappa shape index (κ1) is 16.2. The van der Waals surface area contributed by atoms with Crippen molar-refractivity contribution < 1.29 is 9.47 Å². The smallest absolute Gasteiger partial charge is 0.124 e. The molecule has 1 N–H and O–H groups in total. The fourth-order valence-corrected chi connectivity index (χ4v) is 3.34. The monoisotopic (exact) mass is 413 g/mol. The maximum atomic E-state index is 5.45. The Kier molecular flexibility index (Phi) is 5.53. The number of rotatable bonds is 5. The van der Waals surface area contributed by atoms with Crippen LogP contribution in [-0.2, 0) is 0 Å². The highest BCUT2D eigenvalue weighted by molar-refractivity contribution is 9.11. The van der Waals surface area contributed by atoms with Crippen LogP contribution in [-0.4, -0.2) is 14.2 Å². The van der Waals surface area contributed by atoms with Crippen molar-refractivity contribution in [1.82, 2.24) is 0 Å². The van der Waals surface area contributed by atoms with Gasteiger partial charge in [-0.2, -0.15) is 0 Å². The van der Waals surface area contributed by atoms with E-state index in [1.807, 2.05) is 36.4 Å². The normalized spacial score (nSPS) is 11.9. The van der Waals surface area contributed by atoms with Crippen LogP contribution in [0, 0.1) is 0 Å². The minimum atomic E-state index is 0.0602. The maximum Gasteiger partial charge on any atom is 0.124 e. The predicted octanol–water partition coefficient (Wildman–Crippen LogP) is 5.40. The van der Waals surface area contributed by atoms with Crippen LogP contribution in [0.25, 0.3) is 0 Å². The first-order chi connectivity index (χ1) is 10.1. The van der Waals surface area contributed by atoms with Crippen LogP contribution in [0.2, 0.25) is 0 Å². The van der Waals surface area contributed by atoms with E-state index >= 15 is 0 Å². The van der Waals surface area contributed by atoms with Crippen LogP contribution < -0.4 is 14.8 Å². The van der Waals surface area contributed by atoms with Gasteiger partial charge in [-0.05, 0) is 69.1 Å². The van der Waals surface area contributed by atoms with Crippen molar-refractivity contribution in [3.8, 4) is 11.5 Å². The van der Waals surface area contributed by atoms with E-state index in [1.54, 1.807) is 14.2 Å². The van der Waals surface area contributed by atoms with Crippen molar-refractivity contribution in [3.05, 3.63) is 50.9 Å². The van der Waals surface area contributed by atoms with Crippen molar-refractivity contribution in [1.29, 1.82) is 0 Å². The minimum Gasteiger partial charge on any atom is -0.497 e. The second-order valence-electron chi connectivity index (χ2n) is 4.57. The molecule has 1 atom stereocenters. The number of halogens is 2. The Morgan fingerprint density at radius 3 is 2.24 bits per heavy atom. The first-order valence-electron chi connectivity index (χ1n) is 6.49. The summed E-state index contributed by atoms with van der Waals surface area (Å²) >= 11 is 7.13. The highest BCUT2D eigenvalue weighted by Gasteiger charge is 2.15. The van der Waals surface area contributed by atoms with E-state index < -0.39 is 0 Å². The molecule has 5 heteroatoms. The zero-order valence-corrected chi connectivity index (χ0v) is 15.3. The summed E-state index contributed by atoms with van der Waals surface area (Å²) in [6, 6.07) is 11.8. The first-order valence-corrected chi connectivity index (χ1v) is 8.08. The van der Waals surface area contributed by atoms with E-state index in [-0.39, 0.29) is 6.04 Å². The van der Waals surface area contributed by atoms with Crippen LogP contribution in [0.3, 0.4) is 0 Å². The van der Waals surface area contributed by atoms with Gasteiger partial charge in [-0.15, -0.1) is 0 Å². The Morgan fingerprint density at radius 2 is 1.67 bits per heavy atom. The molecule has 0 radical (unpaired) electrons. The Hall–Kier alpha value is -1.20. The number of hydrogen-bond donors (Lipinski definition) is 1. The molecule has 0 aliphatic carbocycles. The summed E-state index contributed by atoms with van der Waals surface area (Å²) < 4.78 is 12.8. The molecule has 0 aliphatic rings. The number of methoxy groups -OCH3 is 2. The molecule has 2 aromatic carbocycles. The van der Waals surface area contributed by atoms with Gasteiger partial charge in [-0.25, -0.2) is 0 Å². The van der Waals surface area contributed by atoms with Crippen molar-refractivity contribution in [2.75, 3.05) is 19.5 Å². The molecule has 0 spiro atoms. The SMILES string of the molecule is COc1ccc(OC)c(C(C)Nc2c(Br)cccc2Br)c1. The molecule has 2 aromatic rings. The van der Waals surface area contributed by atoms with Gasteiger partial charge in [0, 0.05) is 14.5 Å². The summed E-state index contributed by atoms with van der Waals surface area (Å²) in [4.78, 5) is 0. The van der Waals surface area contributed by atoms with Crippen molar-refractivity contribution in [2.45, 2.75) is 13.0 Å². The number of benzene rings is 2. The lowest BCUT2D eigenvalue weighted by molar-refractivity contribution is 0.397. The maximum absolute atomic E-state index is 5.45. The number of ether oxygens (including phenoxy) is 2. The van der Waals surface area contributed by atoms with E-state index in [2.05, 4.69) is 44.1 Å². The molecule has 21 heavy (non-hydrogen) atoms. The second kappa shape index (κ2) is 7.18. The Morgan fingerprint density at radius 1 is 1.00 bits per heavy atom. The van der Waals surface area contributed by atoms with Crippen LogP contribution in [0.1, 0.15) is 18.5 Å². The van der Waals surface area contributed by atoms with Crippen molar-refractivity contribution in [2.24, 2.45) is 0 Å². The van der Waals surface area contributed by atoms with E-state index in [9.17, 15) is 0 Å². The lowest BCUT2D eigenvalue weighted by Crippen LogP contribution is -2.09. The lowest BCUT2D eigenvalue weighted by Gasteiger charge is -2.21. The van der Waals surface area contributed by atoms with Gasteiger partial charge in [0.05, 0.1) is 25.9 Å². The molecule has 2 rings (SSSR count). The zero-order valence-electron chi connectivity index (χ0n) is 12.1. The average Bonchev–Trinajstić information content (AvgIpc) is 2.50. The summed E-state index contributed by atoms with van der Waals surface area (Å²) in [6.45, 7) is 2.09. The van der Waals surface area contributed by atoms with E-state index in [1.165, 1.54) is 0 Å². The standard InChI is InChI=1S/C16H17Br2NO2/c1-10(19-16-13(17)5-4-6-14(16)18)12-9-11(20-2)7-8-15(12)21-3/h4-10,19H,1-3H3. The number of para-hydroxylation sites is 1. The van der Waals surface area contributed by atoms with Gasteiger partial charge in [-0.3, -0.25) is 0 Å². The van der Waals surface area contributed by atoms with Gasteiger partial charge in [0.1, 0.15) is 11.5 Å². The molecule has 0 amide bonds. The predicted molar refractivity (Wildman–Crippen MR) is 93.4 cm³/mol. The summed E-state index contributed by atoms with van der Waals surface area (Å²) in [5.74, 6) is 1.64. The largest absolute Gasteiger partial charge is 0.497 e. The molecule has 0 aliphatic heterocycles. The quantitative estimate of drug-likeness (QED) is 0.710. The molecular formula is C16H17Br2NO2. The van der Waals surface area contributed by atoms with Gasteiger partial charge >= 0.3 is 0 Å². The number of hydrogen-bond acceptors (Lipinski definition) is 3. The molecule has 0 heterocycles. The highest BCUT2D eigenvalue weighted by atomic mass is 79.9. The van der Waals surface area contributed by atoms with Gasteiger partial charge in [0.2, 0.25) is 0 Å². The summed E-state index contributed by atoms with van der Waals surface area (Å²) in [5, 5.41) is 3.49. The van der Waals surface area contributed by atoms with E-state index in [4.69, 9.17) is 9.47 Å². The molecule has 0 fully saturated rings. The summed E-state index contributed by atoms with van der Waals surface area (Å²) in [5.41, 5.74) is 2.05. The third-order valence-corrected chi connectivity index (χ3v) is 4.55. The number of anilines is 1. The second-order valence-corrected chi connectivity index (χ2v) is 6.28. The van der Waals surface area contributed by atoms with Gasteiger partial charge in [0.25, 0.3) is 0 Å². The fourth-order valence-electron chi connectivity index (χ4n) is 2.11. The molecule has 3 nitrogen and oxygen atoms in total. The third-order valence-electron chi connectivity index (χ3n) is 3.23. The summed E-state index contributed by atoms with van der Waals surface area (Å²) in [6.07, 6.45) is 0. The van der Waals surface area contributed by atoms with Crippen LogP contribution in [0.5, 0.6) is 11.5 Å². The molecule has 1 unspecified atom stereocenters. The average molecular weight is 415 g/mol. The van der Waals surface area contributed by atoms with Crippen LogP contribution in [0.4, 0.5) is 5.69 Å². The van der Waals surface area contributed by atoms with Crippen molar-refractivity contribution in [3.63, 3.8) is 0 Å². The van der Waals surface area contributed by atoms with E-state index in [0.29, 0.717) is 0 Å². The Balaban J connectivity index is 2.33. The molecule has 0 aromatic heterocycles. The molecule has 112 valence electrons.